The fourth-order valence-corrected chi connectivity index (χ4v) is 2.38. The summed E-state index contributed by atoms with van der Waals surface area (Å²) in [5.41, 5.74) is 0.0650. The van der Waals surface area contributed by atoms with Gasteiger partial charge in [0.2, 0.25) is 5.88 Å². The quantitative estimate of drug-likeness (QED) is 0.851. The topological polar surface area (TPSA) is 59.4 Å². The second kappa shape index (κ2) is 6.05. The molecule has 0 bridgehead atoms. The number of rotatable bonds is 4. The van der Waals surface area contributed by atoms with E-state index in [2.05, 4.69) is 4.98 Å². The summed E-state index contributed by atoms with van der Waals surface area (Å²) in [7, 11) is 0. The van der Waals surface area contributed by atoms with Crippen molar-refractivity contribution in [3.63, 3.8) is 0 Å². The number of aromatic nitrogens is 1. The van der Waals surface area contributed by atoms with Gasteiger partial charge in [0, 0.05) is 0 Å². The largest absolute Gasteiger partial charge is 0.477 e. The third kappa shape index (κ3) is 3.35. The summed E-state index contributed by atoms with van der Waals surface area (Å²) >= 11 is 5.76. The van der Waals surface area contributed by atoms with Gasteiger partial charge in [0.1, 0.15) is 10.7 Å². The van der Waals surface area contributed by atoms with Crippen molar-refractivity contribution in [1.29, 1.82) is 0 Å². The molecular formula is C13H16ClNO3. The zero-order chi connectivity index (χ0) is 13.0. The van der Waals surface area contributed by atoms with Gasteiger partial charge in [-0.3, -0.25) is 0 Å². The zero-order valence-electron chi connectivity index (χ0n) is 10.1. The van der Waals surface area contributed by atoms with Gasteiger partial charge in [-0.1, -0.05) is 30.9 Å². The van der Waals surface area contributed by atoms with Crippen LogP contribution >= 0.6 is 11.6 Å². The van der Waals surface area contributed by atoms with Crippen molar-refractivity contribution in [2.75, 3.05) is 6.61 Å². The molecule has 0 spiro atoms. The fraction of sp³-hybridized carbons (Fsp3) is 0.538. The Balaban J connectivity index is 2.03. The van der Waals surface area contributed by atoms with Gasteiger partial charge in [-0.25, -0.2) is 9.78 Å². The lowest BCUT2D eigenvalue weighted by molar-refractivity contribution is 0.0689. The van der Waals surface area contributed by atoms with E-state index in [1.54, 1.807) is 0 Å². The van der Waals surface area contributed by atoms with Crippen LogP contribution in [0, 0.1) is 5.92 Å². The average Bonchev–Trinajstić information content (AvgIpc) is 2.37. The Morgan fingerprint density at radius 3 is 2.78 bits per heavy atom. The molecule has 1 saturated carbocycles. The summed E-state index contributed by atoms with van der Waals surface area (Å²) in [6.07, 6.45) is 6.02. The molecule has 0 aliphatic heterocycles. The number of hydrogen-bond donors (Lipinski definition) is 1. The highest BCUT2D eigenvalue weighted by Gasteiger charge is 2.17. The average molecular weight is 270 g/mol. The maximum absolute atomic E-state index is 11.0. The molecule has 4 nitrogen and oxygen atoms in total. The monoisotopic (exact) mass is 269 g/mol. The van der Waals surface area contributed by atoms with E-state index in [1.807, 2.05) is 0 Å². The van der Waals surface area contributed by atoms with Crippen molar-refractivity contribution in [3.05, 3.63) is 22.8 Å². The molecule has 0 radical (unpaired) electrons. The Kier molecular flexibility index (Phi) is 4.42. The second-order valence-corrected chi connectivity index (χ2v) is 4.99. The van der Waals surface area contributed by atoms with Crippen molar-refractivity contribution < 1.29 is 14.6 Å². The van der Waals surface area contributed by atoms with Crippen LogP contribution < -0.4 is 4.74 Å². The number of carbonyl (C=O) groups is 1. The van der Waals surface area contributed by atoms with Gasteiger partial charge >= 0.3 is 5.97 Å². The van der Waals surface area contributed by atoms with Crippen LogP contribution in [0.25, 0.3) is 0 Å². The van der Waals surface area contributed by atoms with Gasteiger partial charge in [0.25, 0.3) is 0 Å². The van der Waals surface area contributed by atoms with E-state index in [0.29, 0.717) is 12.5 Å². The molecule has 1 aromatic rings. The minimum Gasteiger partial charge on any atom is -0.477 e. The molecule has 1 aromatic heterocycles. The van der Waals surface area contributed by atoms with E-state index < -0.39 is 5.97 Å². The lowest BCUT2D eigenvalue weighted by atomic mass is 9.90. The molecule has 98 valence electrons. The SMILES string of the molecule is O=C(O)c1ccc(Cl)nc1OCC1CCCCC1. The summed E-state index contributed by atoms with van der Waals surface area (Å²) in [5, 5.41) is 9.28. The molecule has 1 heterocycles. The predicted molar refractivity (Wildman–Crippen MR) is 68.3 cm³/mol. The first-order valence-electron chi connectivity index (χ1n) is 6.19. The summed E-state index contributed by atoms with van der Waals surface area (Å²) in [4.78, 5) is 15.0. The lowest BCUT2D eigenvalue weighted by Gasteiger charge is -2.21. The molecule has 5 heteroatoms. The maximum atomic E-state index is 11.0. The van der Waals surface area contributed by atoms with Gasteiger partial charge in [-0.2, -0.15) is 0 Å². The van der Waals surface area contributed by atoms with E-state index in [0.717, 1.165) is 12.8 Å². The predicted octanol–water partition coefficient (Wildman–Crippen LogP) is 3.39. The molecule has 0 amide bonds. The van der Waals surface area contributed by atoms with Crippen LogP contribution in [-0.2, 0) is 0 Å². The summed E-state index contributed by atoms with van der Waals surface area (Å²) in [6, 6.07) is 2.88. The Labute approximate surface area is 111 Å². The molecule has 0 aromatic carbocycles. The van der Waals surface area contributed by atoms with E-state index in [4.69, 9.17) is 21.4 Å². The van der Waals surface area contributed by atoms with E-state index in [1.165, 1.54) is 31.4 Å². The third-order valence-electron chi connectivity index (χ3n) is 3.24. The van der Waals surface area contributed by atoms with Gasteiger partial charge in [-0.15, -0.1) is 0 Å². The Morgan fingerprint density at radius 1 is 1.39 bits per heavy atom. The van der Waals surface area contributed by atoms with Crippen LogP contribution in [0.15, 0.2) is 12.1 Å². The minimum absolute atomic E-state index is 0.0650. The molecule has 2 rings (SSSR count). The van der Waals surface area contributed by atoms with Gasteiger partial charge in [0.15, 0.2) is 0 Å². The van der Waals surface area contributed by atoms with Gasteiger partial charge < -0.3 is 9.84 Å². The number of aromatic carboxylic acids is 1. The first kappa shape index (κ1) is 13.1. The lowest BCUT2D eigenvalue weighted by Crippen LogP contribution is -2.17. The van der Waals surface area contributed by atoms with Crippen LogP contribution in [0.4, 0.5) is 0 Å². The molecule has 0 unspecified atom stereocenters. The molecule has 18 heavy (non-hydrogen) atoms. The number of ether oxygens (including phenoxy) is 1. The highest BCUT2D eigenvalue weighted by molar-refractivity contribution is 6.29. The van der Waals surface area contributed by atoms with Gasteiger partial charge in [0.05, 0.1) is 6.61 Å². The first-order chi connectivity index (χ1) is 8.66. The Bertz CT molecular complexity index is 430. The highest BCUT2D eigenvalue weighted by atomic mass is 35.5. The van der Waals surface area contributed by atoms with E-state index >= 15 is 0 Å². The van der Waals surface area contributed by atoms with Crippen molar-refractivity contribution in [3.8, 4) is 5.88 Å². The molecule has 1 fully saturated rings. The van der Waals surface area contributed by atoms with Crippen molar-refractivity contribution in [2.45, 2.75) is 32.1 Å². The standard InChI is InChI=1S/C13H16ClNO3/c14-11-7-6-10(13(16)17)12(15-11)18-8-9-4-2-1-3-5-9/h6-7,9H,1-5,8H2,(H,16,17). The van der Waals surface area contributed by atoms with Crippen molar-refractivity contribution in [2.24, 2.45) is 5.92 Å². The number of halogens is 1. The number of nitrogens with zero attached hydrogens (tertiary/aromatic N) is 1. The number of hydrogen-bond acceptors (Lipinski definition) is 3. The first-order valence-corrected chi connectivity index (χ1v) is 6.57. The van der Waals surface area contributed by atoms with Crippen LogP contribution in [0.2, 0.25) is 5.15 Å². The maximum Gasteiger partial charge on any atom is 0.341 e. The highest BCUT2D eigenvalue weighted by Crippen LogP contribution is 2.25. The van der Waals surface area contributed by atoms with Crippen LogP contribution in [0.3, 0.4) is 0 Å². The van der Waals surface area contributed by atoms with Crippen LogP contribution in [-0.4, -0.2) is 22.7 Å². The van der Waals surface area contributed by atoms with Crippen molar-refractivity contribution >= 4 is 17.6 Å². The molecule has 0 saturated heterocycles. The summed E-state index contributed by atoms with van der Waals surface area (Å²) in [5.74, 6) is -0.417. The normalized spacial score (nSPS) is 16.5. The van der Waals surface area contributed by atoms with Gasteiger partial charge in [-0.05, 0) is 30.9 Å². The minimum atomic E-state index is -1.04. The zero-order valence-corrected chi connectivity index (χ0v) is 10.8. The molecule has 0 atom stereocenters. The molecule has 1 aliphatic rings. The molecule has 1 N–H and O–H groups in total. The number of carboxylic acids is 1. The number of carboxylic acid groups (broad SMARTS) is 1. The second-order valence-electron chi connectivity index (χ2n) is 4.61. The van der Waals surface area contributed by atoms with Crippen molar-refractivity contribution in [1.82, 2.24) is 4.98 Å². The Morgan fingerprint density at radius 2 is 2.11 bits per heavy atom. The molecular weight excluding hydrogens is 254 g/mol. The smallest absolute Gasteiger partial charge is 0.341 e. The molecule has 1 aliphatic carbocycles. The fourth-order valence-electron chi connectivity index (χ4n) is 2.24. The van der Waals surface area contributed by atoms with Crippen LogP contribution in [0.1, 0.15) is 42.5 Å². The Hall–Kier alpha value is -1.29. The van der Waals surface area contributed by atoms with Crippen LogP contribution in [0.5, 0.6) is 5.88 Å². The van der Waals surface area contributed by atoms with E-state index in [9.17, 15) is 4.79 Å². The summed E-state index contributed by atoms with van der Waals surface area (Å²) < 4.78 is 5.54. The summed E-state index contributed by atoms with van der Waals surface area (Å²) in [6.45, 7) is 0.521. The third-order valence-corrected chi connectivity index (χ3v) is 3.45. The van der Waals surface area contributed by atoms with E-state index in [-0.39, 0.29) is 16.6 Å². The number of pyridine rings is 1.